The average molecular weight is 441 g/mol. The van der Waals surface area contributed by atoms with Crippen molar-refractivity contribution < 1.29 is 14.1 Å². The van der Waals surface area contributed by atoms with Crippen molar-refractivity contribution in [1.82, 2.24) is 20.4 Å². The first kappa shape index (κ1) is 20.9. The summed E-state index contributed by atoms with van der Waals surface area (Å²) in [5.74, 6) is 1.04. The Hall–Kier alpha value is -4.00. The summed E-state index contributed by atoms with van der Waals surface area (Å²) in [6, 6.07) is 17.8. The molecule has 2 amide bonds. The van der Waals surface area contributed by atoms with Crippen LogP contribution in [-0.2, 0) is 13.1 Å². The molecule has 1 N–H and O–H groups in total. The predicted octanol–water partition coefficient (Wildman–Crippen LogP) is 4.53. The Bertz CT molecular complexity index is 1390. The van der Waals surface area contributed by atoms with Gasteiger partial charge in [-0.25, -0.2) is 0 Å². The minimum Gasteiger partial charge on any atom is -0.345 e. The Labute approximate surface area is 191 Å². The number of nitrogens with one attached hydrogen (secondary N) is 1. The molecule has 5 rings (SSSR count). The SMILES string of the molecule is CC(C)c1nc(CNC(=O)c2ccc3cc(-c4ccc5c(c4)CN(C)C5=O)ccc3c2)no1. The van der Waals surface area contributed by atoms with Crippen molar-refractivity contribution in [1.29, 1.82) is 0 Å². The minimum absolute atomic E-state index is 0.0700. The Balaban J connectivity index is 1.33. The summed E-state index contributed by atoms with van der Waals surface area (Å²) < 4.78 is 5.17. The molecule has 0 radical (unpaired) electrons. The van der Waals surface area contributed by atoms with Gasteiger partial charge in [-0.15, -0.1) is 0 Å². The van der Waals surface area contributed by atoms with Gasteiger partial charge in [0.1, 0.15) is 0 Å². The standard InChI is InChI=1S/C26H24N4O3/c1-15(2)25-28-23(29-33-25)13-27-24(31)20-7-6-17-10-16(4-5-18(17)11-20)19-8-9-22-21(12-19)14-30(3)26(22)32/h4-12,15H,13-14H2,1-3H3,(H,27,31). The van der Waals surface area contributed by atoms with Gasteiger partial charge in [-0.3, -0.25) is 9.59 Å². The van der Waals surface area contributed by atoms with Crippen molar-refractivity contribution in [2.75, 3.05) is 7.05 Å². The van der Waals surface area contributed by atoms with Crippen LogP contribution >= 0.6 is 0 Å². The Morgan fingerprint density at radius 1 is 1.06 bits per heavy atom. The number of benzene rings is 3. The molecular formula is C26H24N4O3. The number of fused-ring (bicyclic) bond motifs is 2. The molecule has 7 nitrogen and oxygen atoms in total. The van der Waals surface area contributed by atoms with Crippen LogP contribution in [0.1, 0.15) is 57.8 Å². The second-order valence-corrected chi connectivity index (χ2v) is 8.70. The molecule has 1 aromatic heterocycles. The molecule has 0 saturated carbocycles. The highest BCUT2D eigenvalue weighted by Gasteiger charge is 2.24. The molecule has 0 fully saturated rings. The Morgan fingerprint density at radius 3 is 2.58 bits per heavy atom. The Kier molecular flexibility index (Phi) is 5.17. The fourth-order valence-corrected chi connectivity index (χ4v) is 4.05. The van der Waals surface area contributed by atoms with E-state index in [2.05, 4.69) is 27.6 Å². The number of carbonyl (C=O) groups excluding carboxylic acids is 2. The van der Waals surface area contributed by atoms with Gasteiger partial charge in [-0.1, -0.05) is 43.3 Å². The van der Waals surface area contributed by atoms with Crippen LogP contribution < -0.4 is 5.32 Å². The fraction of sp³-hybridized carbons (Fsp3) is 0.231. The molecule has 166 valence electrons. The highest BCUT2D eigenvalue weighted by molar-refractivity contribution is 6.00. The topological polar surface area (TPSA) is 88.3 Å². The normalized spacial score (nSPS) is 13.1. The van der Waals surface area contributed by atoms with Crippen LogP contribution in [0.3, 0.4) is 0 Å². The molecule has 0 bridgehead atoms. The molecule has 3 aromatic carbocycles. The van der Waals surface area contributed by atoms with E-state index < -0.39 is 0 Å². The van der Waals surface area contributed by atoms with Gasteiger partial charge in [0.2, 0.25) is 5.89 Å². The van der Waals surface area contributed by atoms with Crippen LogP contribution in [0, 0.1) is 0 Å². The van der Waals surface area contributed by atoms with E-state index in [1.165, 1.54) is 0 Å². The van der Waals surface area contributed by atoms with Crippen molar-refractivity contribution >= 4 is 22.6 Å². The Morgan fingerprint density at radius 2 is 1.79 bits per heavy atom. The first-order chi connectivity index (χ1) is 15.9. The van der Waals surface area contributed by atoms with Crippen LogP contribution in [0.15, 0.2) is 59.1 Å². The first-order valence-corrected chi connectivity index (χ1v) is 10.9. The lowest BCUT2D eigenvalue weighted by Crippen LogP contribution is -2.23. The van der Waals surface area contributed by atoms with E-state index in [1.54, 1.807) is 4.90 Å². The second-order valence-electron chi connectivity index (χ2n) is 8.70. The maximum atomic E-state index is 12.6. The zero-order valence-electron chi connectivity index (χ0n) is 18.8. The molecular weight excluding hydrogens is 416 g/mol. The lowest BCUT2D eigenvalue weighted by Gasteiger charge is -2.08. The summed E-state index contributed by atoms with van der Waals surface area (Å²) in [6.07, 6.45) is 0. The van der Waals surface area contributed by atoms with E-state index in [-0.39, 0.29) is 24.3 Å². The smallest absolute Gasteiger partial charge is 0.254 e. The first-order valence-electron chi connectivity index (χ1n) is 10.9. The lowest BCUT2D eigenvalue weighted by molar-refractivity contribution is 0.0816. The van der Waals surface area contributed by atoms with Crippen LogP contribution in [-0.4, -0.2) is 33.9 Å². The van der Waals surface area contributed by atoms with E-state index in [4.69, 9.17) is 4.52 Å². The van der Waals surface area contributed by atoms with E-state index in [0.717, 1.165) is 33.0 Å². The van der Waals surface area contributed by atoms with E-state index in [1.807, 2.05) is 63.4 Å². The molecule has 7 heteroatoms. The van der Waals surface area contributed by atoms with Crippen molar-refractivity contribution in [3.8, 4) is 11.1 Å². The molecule has 4 aromatic rings. The number of rotatable bonds is 5. The van der Waals surface area contributed by atoms with Gasteiger partial charge in [0.05, 0.1) is 6.54 Å². The van der Waals surface area contributed by atoms with Crippen LogP contribution in [0.5, 0.6) is 0 Å². The number of hydrogen-bond acceptors (Lipinski definition) is 5. The van der Waals surface area contributed by atoms with E-state index in [0.29, 0.717) is 23.8 Å². The lowest BCUT2D eigenvalue weighted by atomic mass is 9.97. The molecule has 1 aliphatic heterocycles. The van der Waals surface area contributed by atoms with Crippen LogP contribution in [0.4, 0.5) is 0 Å². The van der Waals surface area contributed by atoms with Crippen LogP contribution in [0.2, 0.25) is 0 Å². The zero-order chi connectivity index (χ0) is 23.1. The summed E-state index contributed by atoms with van der Waals surface area (Å²) in [4.78, 5) is 30.8. The second kappa shape index (κ2) is 8.16. The van der Waals surface area contributed by atoms with Gasteiger partial charge in [0.15, 0.2) is 5.82 Å². The zero-order valence-corrected chi connectivity index (χ0v) is 18.8. The van der Waals surface area contributed by atoms with Gasteiger partial charge >= 0.3 is 0 Å². The van der Waals surface area contributed by atoms with Gasteiger partial charge in [0, 0.05) is 30.6 Å². The highest BCUT2D eigenvalue weighted by atomic mass is 16.5. The molecule has 1 aliphatic rings. The number of aromatic nitrogens is 2. The number of carbonyl (C=O) groups is 2. The van der Waals surface area contributed by atoms with Gasteiger partial charge in [-0.05, 0) is 57.8 Å². The number of nitrogens with zero attached hydrogens (tertiary/aromatic N) is 3. The van der Waals surface area contributed by atoms with Crippen molar-refractivity contribution in [2.24, 2.45) is 0 Å². The predicted molar refractivity (Wildman–Crippen MR) is 125 cm³/mol. The van der Waals surface area contributed by atoms with Crippen molar-refractivity contribution in [3.63, 3.8) is 0 Å². The molecule has 0 saturated heterocycles. The highest BCUT2D eigenvalue weighted by Crippen LogP contribution is 2.30. The summed E-state index contributed by atoms with van der Waals surface area (Å²) in [5, 5.41) is 8.76. The summed E-state index contributed by atoms with van der Waals surface area (Å²) in [6.45, 7) is 4.79. The average Bonchev–Trinajstić information content (AvgIpc) is 3.41. The fourth-order valence-electron chi connectivity index (χ4n) is 4.05. The third-order valence-electron chi connectivity index (χ3n) is 5.91. The van der Waals surface area contributed by atoms with Gasteiger partial charge in [0.25, 0.3) is 11.8 Å². The van der Waals surface area contributed by atoms with Crippen LogP contribution in [0.25, 0.3) is 21.9 Å². The maximum absolute atomic E-state index is 12.6. The molecule has 0 atom stereocenters. The van der Waals surface area contributed by atoms with E-state index in [9.17, 15) is 9.59 Å². The summed E-state index contributed by atoms with van der Waals surface area (Å²) in [7, 11) is 1.82. The molecule has 2 heterocycles. The molecule has 0 spiro atoms. The maximum Gasteiger partial charge on any atom is 0.254 e. The monoisotopic (exact) mass is 440 g/mol. The van der Waals surface area contributed by atoms with Crippen molar-refractivity contribution in [3.05, 3.63) is 83.0 Å². The largest absolute Gasteiger partial charge is 0.345 e. The quantitative estimate of drug-likeness (QED) is 0.493. The number of hydrogen-bond donors (Lipinski definition) is 1. The molecule has 0 aliphatic carbocycles. The minimum atomic E-state index is -0.190. The summed E-state index contributed by atoms with van der Waals surface area (Å²) in [5.41, 5.74) is 4.54. The third-order valence-corrected chi connectivity index (χ3v) is 5.91. The van der Waals surface area contributed by atoms with E-state index >= 15 is 0 Å². The number of amides is 2. The summed E-state index contributed by atoms with van der Waals surface area (Å²) >= 11 is 0. The molecule has 33 heavy (non-hydrogen) atoms. The van der Waals surface area contributed by atoms with Gasteiger partial charge in [-0.2, -0.15) is 4.98 Å². The van der Waals surface area contributed by atoms with Crippen molar-refractivity contribution in [2.45, 2.75) is 32.9 Å². The third kappa shape index (κ3) is 3.98. The van der Waals surface area contributed by atoms with Gasteiger partial charge < -0.3 is 14.7 Å². The molecule has 0 unspecified atom stereocenters.